The van der Waals surface area contributed by atoms with Crippen LogP contribution in [0.25, 0.3) is 0 Å². The highest BCUT2D eigenvalue weighted by Crippen LogP contribution is 2.27. The molecule has 166 valence electrons. The maximum atomic E-state index is 5.42. The van der Waals surface area contributed by atoms with Crippen LogP contribution in [0.4, 0.5) is 0 Å². The molecule has 0 atom stereocenters. The molecule has 0 spiro atoms. The smallest absolute Gasteiger partial charge is 0.160 e. The fourth-order valence-electron chi connectivity index (χ4n) is 3.48. The van der Waals surface area contributed by atoms with Gasteiger partial charge in [-0.1, -0.05) is 36.1 Å². The maximum absolute atomic E-state index is 5.42. The van der Waals surface area contributed by atoms with Gasteiger partial charge in [-0.25, -0.2) is 0 Å². The quantitative estimate of drug-likeness (QED) is 0.368. The van der Waals surface area contributed by atoms with Gasteiger partial charge in [0.1, 0.15) is 5.75 Å². The number of ether oxygens (including phenoxy) is 3. The zero-order valence-corrected chi connectivity index (χ0v) is 19.1. The summed E-state index contributed by atoms with van der Waals surface area (Å²) in [6, 6.07) is 22.3. The van der Waals surface area contributed by atoms with E-state index < -0.39 is 0 Å². The molecule has 4 heteroatoms. The Hall–Kier alpha value is -3.42. The molecule has 32 heavy (non-hydrogen) atoms. The molecule has 0 aliphatic carbocycles. The molecular formula is C28H31NO3. The van der Waals surface area contributed by atoms with Crippen LogP contribution in [-0.4, -0.2) is 34.4 Å². The molecule has 3 rings (SSSR count). The van der Waals surface area contributed by atoms with Crippen molar-refractivity contribution in [1.82, 2.24) is 5.32 Å². The summed E-state index contributed by atoms with van der Waals surface area (Å²) in [5.74, 6) is 8.98. The summed E-state index contributed by atoms with van der Waals surface area (Å²) in [7, 11) is 5.02. The minimum atomic E-state index is 0.758. The normalized spacial score (nSPS) is 10.2. The number of rotatable bonds is 10. The van der Waals surface area contributed by atoms with Crippen molar-refractivity contribution in [1.29, 1.82) is 0 Å². The molecule has 0 radical (unpaired) electrons. The highest BCUT2D eigenvalue weighted by Gasteiger charge is 2.05. The predicted molar refractivity (Wildman–Crippen MR) is 130 cm³/mol. The SMILES string of the molecule is COc1ccc(C#Cc2ccccc2)c(CCCNCCc2ccc(OC)c(OC)c2)c1. The Kier molecular flexibility index (Phi) is 9.04. The second-order valence-corrected chi connectivity index (χ2v) is 7.43. The molecule has 0 aromatic heterocycles. The summed E-state index contributed by atoms with van der Waals surface area (Å²) in [4.78, 5) is 0. The van der Waals surface area contributed by atoms with Crippen LogP contribution in [0.5, 0.6) is 17.2 Å². The van der Waals surface area contributed by atoms with E-state index in [9.17, 15) is 0 Å². The van der Waals surface area contributed by atoms with Gasteiger partial charge in [0.2, 0.25) is 0 Å². The molecule has 1 N–H and O–H groups in total. The highest BCUT2D eigenvalue weighted by atomic mass is 16.5. The zero-order valence-electron chi connectivity index (χ0n) is 19.1. The fourth-order valence-corrected chi connectivity index (χ4v) is 3.48. The van der Waals surface area contributed by atoms with Crippen LogP contribution < -0.4 is 19.5 Å². The molecule has 0 saturated carbocycles. The number of nitrogens with one attached hydrogen (secondary N) is 1. The Labute approximate surface area is 191 Å². The van der Waals surface area contributed by atoms with Crippen LogP contribution in [0.2, 0.25) is 0 Å². The van der Waals surface area contributed by atoms with E-state index in [4.69, 9.17) is 14.2 Å². The van der Waals surface area contributed by atoms with Gasteiger partial charge in [-0.15, -0.1) is 0 Å². The van der Waals surface area contributed by atoms with E-state index in [2.05, 4.69) is 35.4 Å². The third kappa shape index (κ3) is 6.80. The van der Waals surface area contributed by atoms with Crippen molar-refractivity contribution in [3.05, 3.63) is 89.0 Å². The number of hydrogen-bond acceptors (Lipinski definition) is 4. The first-order valence-electron chi connectivity index (χ1n) is 10.9. The monoisotopic (exact) mass is 429 g/mol. The van der Waals surface area contributed by atoms with Crippen molar-refractivity contribution >= 4 is 0 Å². The standard InChI is InChI=1S/C28H31NO3/c1-30-26-15-14-24(13-11-22-8-5-4-6-9-22)25(21-26)10-7-18-29-19-17-23-12-16-27(31-2)28(20-23)32-3/h4-6,8-9,12,14-16,20-21,29H,7,10,17-19H2,1-3H3. The lowest BCUT2D eigenvalue weighted by molar-refractivity contribution is 0.354. The van der Waals surface area contributed by atoms with Crippen LogP contribution in [0.3, 0.4) is 0 Å². The number of hydrogen-bond donors (Lipinski definition) is 1. The maximum Gasteiger partial charge on any atom is 0.160 e. The Morgan fingerprint density at radius 2 is 1.53 bits per heavy atom. The van der Waals surface area contributed by atoms with Crippen molar-refractivity contribution in [2.75, 3.05) is 34.4 Å². The Balaban J connectivity index is 1.51. The molecule has 0 aliphatic heterocycles. The lowest BCUT2D eigenvalue weighted by Gasteiger charge is -2.10. The topological polar surface area (TPSA) is 39.7 Å². The van der Waals surface area contributed by atoms with Gasteiger partial charge < -0.3 is 19.5 Å². The highest BCUT2D eigenvalue weighted by molar-refractivity contribution is 5.49. The van der Waals surface area contributed by atoms with Crippen LogP contribution in [0.1, 0.15) is 28.7 Å². The molecule has 0 amide bonds. The summed E-state index contributed by atoms with van der Waals surface area (Å²) in [5, 5.41) is 3.54. The number of benzene rings is 3. The van der Waals surface area contributed by atoms with Crippen LogP contribution >= 0.6 is 0 Å². The van der Waals surface area contributed by atoms with Gasteiger partial charge in [0.05, 0.1) is 21.3 Å². The minimum absolute atomic E-state index is 0.758. The van der Waals surface area contributed by atoms with Gasteiger partial charge >= 0.3 is 0 Å². The molecule has 3 aromatic carbocycles. The Morgan fingerprint density at radius 1 is 0.719 bits per heavy atom. The summed E-state index contributed by atoms with van der Waals surface area (Å²) in [6.07, 6.45) is 2.91. The minimum Gasteiger partial charge on any atom is -0.497 e. The number of aryl methyl sites for hydroxylation is 1. The second kappa shape index (κ2) is 12.4. The predicted octanol–water partition coefficient (Wildman–Crippen LogP) is 4.88. The second-order valence-electron chi connectivity index (χ2n) is 7.43. The van der Waals surface area contributed by atoms with Gasteiger partial charge in [0.15, 0.2) is 11.5 Å². The van der Waals surface area contributed by atoms with Crippen LogP contribution in [-0.2, 0) is 12.8 Å². The molecule has 0 bridgehead atoms. The molecule has 4 nitrogen and oxygen atoms in total. The first-order chi connectivity index (χ1) is 15.7. The molecule has 0 fully saturated rings. The first kappa shape index (κ1) is 23.2. The van der Waals surface area contributed by atoms with E-state index in [0.29, 0.717) is 0 Å². The van der Waals surface area contributed by atoms with E-state index in [0.717, 1.165) is 60.7 Å². The van der Waals surface area contributed by atoms with Crippen molar-refractivity contribution in [2.24, 2.45) is 0 Å². The Morgan fingerprint density at radius 3 is 2.28 bits per heavy atom. The van der Waals surface area contributed by atoms with E-state index in [-0.39, 0.29) is 0 Å². The van der Waals surface area contributed by atoms with E-state index in [1.165, 1.54) is 11.1 Å². The molecule has 0 heterocycles. The van der Waals surface area contributed by atoms with E-state index in [1.807, 2.05) is 48.5 Å². The number of methoxy groups -OCH3 is 3. The average Bonchev–Trinajstić information content (AvgIpc) is 2.85. The van der Waals surface area contributed by atoms with Crippen molar-refractivity contribution in [2.45, 2.75) is 19.3 Å². The van der Waals surface area contributed by atoms with Crippen molar-refractivity contribution in [3.63, 3.8) is 0 Å². The van der Waals surface area contributed by atoms with Crippen molar-refractivity contribution in [3.8, 4) is 29.1 Å². The lowest BCUT2D eigenvalue weighted by atomic mass is 10.0. The van der Waals surface area contributed by atoms with Gasteiger partial charge in [-0.05, 0) is 85.9 Å². The fraction of sp³-hybridized carbons (Fsp3) is 0.286. The average molecular weight is 430 g/mol. The first-order valence-corrected chi connectivity index (χ1v) is 10.9. The van der Waals surface area contributed by atoms with Gasteiger partial charge in [-0.2, -0.15) is 0 Å². The van der Waals surface area contributed by atoms with Gasteiger partial charge in [0.25, 0.3) is 0 Å². The largest absolute Gasteiger partial charge is 0.497 e. The van der Waals surface area contributed by atoms with E-state index >= 15 is 0 Å². The van der Waals surface area contributed by atoms with Gasteiger partial charge in [-0.3, -0.25) is 0 Å². The third-order valence-electron chi connectivity index (χ3n) is 5.27. The van der Waals surface area contributed by atoms with E-state index in [1.54, 1.807) is 21.3 Å². The molecule has 0 saturated heterocycles. The Bertz CT molecular complexity index is 1050. The summed E-state index contributed by atoms with van der Waals surface area (Å²) < 4.78 is 16.1. The third-order valence-corrected chi connectivity index (χ3v) is 5.27. The molecular weight excluding hydrogens is 398 g/mol. The van der Waals surface area contributed by atoms with Gasteiger partial charge in [0, 0.05) is 11.1 Å². The summed E-state index contributed by atoms with van der Waals surface area (Å²) >= 11 is 0. The zero-order chi connectivity index (χ0) is 22.6. The molecule has 3 aromatic rings. The lowest BCUT2D eigenvalue weighted by Crippen LogP contribution is -2.19. The van der Waals surface area contributed by atoms with Crippen LogP contribution in [0, 0.1) is 11.8 Å². The van der Waals surface area contributed by atoms with Crippen LogP contribution in [0.15, 0.2) is 66.7 Å². The summed E-state index contributed by atoms with van der Waals surface area (Å²) in [6.45, 7) is 1.85. The molecule has 0 aliphatic rings. The molecule has 0 unspecified atom stereocenters. The van der Waals surface area contributed by atoms with Crippen molar-refractivity contribution < 1.29 is 14.2 Å². The summed E-state index contributed by atoms with van der Waals surface area (Å²) in [5.41, 5.74) is 4.52.